The molecule has 1 saturated heterocycles. The quantitative estimate of drug-likeness (QED) is 0.689. The number of para-hydroxylation sites is 1. The van der Waals surface area contributed by atoms with Gasteiger partial charge in [-0.25, -0.2) is 0 Å². The molecule has 1 aromatic heterocycles. The molecular weight excluding hydrogens is 390 g/mol. The van der Waals surface area contributed by atoms with Crippen molar-refractivity contribution in [2.75, 3.05) is 26.7 Å². The van der Waals surface area contributed by atoms with Crippen LogP contribution in [-0.2, 0) is 22.6 Å². The van der Waals surface area contributed by atoms with Gasteiger partial charge in [-0.1, -0.05) is 44.4 Å². The molecule has 2 atom stereocenters. The van der Waals surface area contributed by atoms with Crippen LogP contribution in [0.2, 0.25) is 0 Å². The van der Waals surface area contributed by atoms with E-state index in [1.54, 1.807) is 0 Å². The highest BCUT2D eigenvalue weighted by atomic mass is 16.3. The van der Waals surface area contributed by atoms with E-state index in [-0.39, 0.29) is 23.9 Å². The average molecular weight is 426 g/mol. The maximum Gasteiger partial charge on any atom is 0.239 e. The standard InChI is InChI=1S/C25H35N3O3/c1-3-23-20(19-11-7-8-12-24(19)31-23)15-28-14-13-27(2)22(16-28)25(30)26-21(17-29)18-9-5-4-6-10-18/h7-8,11-12,17-18,21-22H,3-6,9-10,13-16H2,1-2H3,(H,26,30). The average Bonchev–Trinajstić information content (AvgIpc) is 3.16. The van der Waals surface area contributed by atoms with Crippen molar-refractivity contribution in [3.05, 3.63) is 35.6 Å². The first kappa shape index (κ1) is 22.0. The molecule has 2 unspecified atom stereocenters. The van der Waals surface area contributed by atoms with E-state index in [1.165, 1.54) is 12.0 Å². The largest absolute Gasteiger partial charge is 0.461 e. The number of likely N-dealkylation sites (N-methyl/N-ethyl adjacent to an activating group) is 1. The normalized spacial score (nSPS) is 22.5. The van der Waals surface area contributed by atoms with Crippen molar-refractivity contribution in [2.24, 2.45) is 5.92 Å². The van der Waals surface area contributed by atoms with Crippen molar-refractivity contribution >= 4 is 23.2 Å². The number of carbonyl (C=O) groups excluding carboxylic acids is 2. The number of rotatable bonds is 7. The molecule has 2 heterocycles. The fourth-order valence-corrected chi connectivity index (χ4v) is 5.21. The minimum Gasteiger partial charge on any atom is -0.461 e. The zero-order chi connectivity index (χ0) is 21.8. The molecule has 31 heavy (non-hydrogen) atoms. The third-order valence-corrected chi connectivity index (χ3v) is 7.13. The highest BCUT2D eigenvalue weighted by molar-refractivity contribution is 5.85. The number of aldehydes is 1. The number of benzene rings is 1. The zero-order valence-electron chi connectivity index (χ0n) is 18.8. The van der Waals surface area contributed by atoms with Gasteiger partial charge < -0.3 is 14.5 Å². The summed E-state index contributed by atoms with van der Waals surface area (Å²) in [4.78, 5) is 29.3. The summed E-state index contributed by atoms with van der Waals surface area (Å²) < 4.78 is 6.06. The Morgan fingerprint density at radius 1 is 1.23 bits per heavy atom. The van der Waals surface area contributed by atoms with Crippen molar-refractivity contribution in [3.63, 3.8) is 0 Å². The number of fused-ring (bicyclic) bond motifs is 1. The van der Waals surface area contributed by atoms with Crippen molar-refractivity contribution in [3.8, 4) is 0 Å². The Labute approximate surface area is 184 Å². The number of hydrogen-bond donors (Lipinski definition) is 1. The van der Waals surface area contributed by atoms with E-state index in [2.05, 4.69) is 28.1 Å². The van der Waals surface area contributed by atoms with Gasteiger partial charge in [-0.05, 0) is 31.9 Å². The minimum atomic E-state index is -0.360. The van der Waals surface area contributed by atoms with Crippen LogP contribution < -0.4 is 5.32 Å². The lowest BCUT2D eigenvalue weighted by molar-refractivity contribution is -0.131. The Balaban J connectivity index is 1.44. The van der Waals surface area contributed by atoms with Crippen LogP contribution in [0.1, 0.15) is 50.4 Å². The van der Waals surface area contributed by atoms with E-state index in [1.807, 2.05) is 25.2 Å². The van der Waals surface area contributed by atoms with Crippen LogP contribution in [-0.4, -0.2) is 60.8 Å². The topological polar surface area (TPSA) is 65.8 Å². The summed E-state index contributed by atoms with van der Waals surface area (Å²) in [5.41, 5.74) is 2.16. The van der Waals surface area contributed by atoms with Crippen molar-refractivity contribution in [1.82, 2.24) is 15.1 Å². The van der Waals surface area contributed by atoms with Crippen LogP contribution in [0.5, 0.6) is 0 Å². The molecule has 1 aliphatic heterocycles. The molecule has 1 aromatic carbocycles. The monoisotopic (exact) mass is 425 g/mol. The molecule has 2 fully saturated rings. The molecule has 1 saturated carbocycles. The Morgan fingerprint density at radius 2 is 2.00 bits per heavy atom. The van der Waals surface area contributed by atoms with Gasteiger partial charge in [0.1, 0.15) is 23.7 Å². The number of hydrogen-bond acceptors (Lipinski definition) is 5. The lowest BCUT2D eigenvalue weighted by Crippen LogP contribution is -2.59. The molecule has 1 N–H and O–H groups in total. The highest BCUT2D eigenvalue weighted by Crippen LogP contribution is 2.29. The van der Waals surface area contributed by atoms with Gasteiger partial charge in [-0.15, -0.1) is 0 Å². The van der Waals surface area contributed by atoms with Crippen molar-refractivity contribution < 1.29 is 14.0 Å². The molecule has 0 spiro atoms. The summed E-state index contributed by atoms with van der Waals surface area (Å²) in [6.45, 7) is 5.28. The maximum atomic E-state index is 13.1. The molecule has 2 aliphatic rings. The van der Waals surface area contributed by atoms with E-state index in [9.17, 15) is 9.59 Å². The Kier molecular flexibility index (Phi) is 7.08. The molecule has 6 heteroatoms. The fraction of sp³-hybridized carbons (Fsp3) is 0.600. The van der Waals surface area contributed by atoms with Gasteiger partial charge in [-0.3, -0.25) is 14.6 Å². The van der Waals surface area contributed by atoms with E-state index in [4.69, 9.17) is 4.42 Å². The smallest absolute Gasteiger partial charge is 0.239 e. The number of piperazine rings is 1. The zero-order valence-corrected chi connectivity index (χ0v) is 18.8. The lowest BCUT2D eigenvalue weighted by atomic mass is 9.84. The minimum absolute atomic E-state index is 0.0253. The fourth-order valence-electron chi connectivity index (χ4n) is 5.21. The van der Waals surface area contributed by atoms with Gasteiger partial charge in [0.05, 0.1) is 6.04 Å². The summed E-state index contributed by atoms with van der Waals surface area (Å²) in [5, 5.41) is 4.24. The summed E-state index contributed by atoms with van der Waals surface area (Å²) >= 11 is 0. The Morgan fingerprint density at radius 3 is 2.74 bits per heavy atom. The van der Waals surface area contributed by atoms with Gasteiger partial charge in [-0.2, -0.15) is 0 Å². The maximum absolute atomic E-state index is 13.1. The van der Waals surface area contributed by atoms with Crippen LogP contribution in [0.4, 0.5) is 0 Å². The molecule has 1 aliphatic carbocycles. The van der Waals surface area contributed by atoms with Crippen LogP contribution in [0, 0.1) is 5.92 Å². The number of carbonyl (C=O) groups is 2. The molecule has 168 valence electrons. The first-order valence-corrected chi connectivity index (χ1v) is 11.8. The molecule has 2 aromatic rings. The van der Waals surface area contributed by atoms with Crippen LogP contribution in [0.15, 0.2) is 28.7 Å². The number of amides is 1. The SMILES string of the molecule is CCc1oc2ccccc2c1CN1CCN(C)C(C(=O)NC(C=O)C2CCCCC2)C1. The van der Waals surface area contributed by atoms with E-state index in [0.29, 0.717) is 6.54 Å². The first-order valence-electron chi connectivity index (χ1n) is 11.8. The predicted molar refractivity (Wildman–Crippen MR) is 122 cm³/mol. The van der Waals surface area contributed by atoms with Crippen LogP contribution in [0.3, 0.4) is 0 Å². The van der Waals surface area contributed by atoms with Crippen molar-refractivity contribution in [1.29, 1.82) is 0 Å². The molecule has 0 radical (unpaired) electrons. The molecule has 1 amide bonds. The molecule has 0 bridgehead atoms. The van der Waals surface area contributed by atoms with Gasteiger partial charge in [0.15, 0.2) is 0 Å². The predicted octanol–water partition coefficient (Wildman–Crippen LogP) is 3.38. The van der Waals surface area contributed by atoms with E-state index < -0.39 is 0 Å². The second kappa shape index (κ2) is 9.96. The lowest BCUT2D eigenvalue weighted by Gasteiger charge is -2.39. The summed E-state index contributed by atoms with van der Waals surface area (Å²) in [6.07, 6.45) is 7.40. The van der Waals surface area contributed by atoms with Gasteiger partial charge in [0, 0.05) is 43.5 Å². The van der Waals surface area contributed by atoms with Crippen LogP contribution in [0.25, 0.3) is 11.0 Å². The molecule has 6 nitrogen and oxygen atoms in total. The van der Waals surface area contributed by atoms with Gasteiger partial charge in [0.2, 0.25) is 5.91 Å². The third kappa shape index (κ3) is 4.85. The summed E-state index contributed by atoms with van der Waals surface area (Å²) in [6, 6.07) is 7.58. The second-order valence-corrected chi connectivity index (χ2v) is 9.15. The number of aryl methyl sites for hydroxylation is 1. The summed E-state index contributed by atoms with van der Waals surface area (Å²) in [7, 11) is 2.00. The number of nitrogens with one attached hydrogen (secondary N) is 1. The highest BCUT2D eigenvalue weighted by Gasteiger charge is 2.33. The van der Waals surface area contributed by atoms with Crippen molar-refractivity contribution in [2.45, 2.75) is 64.1 Å². The number of nitrogens with zero attached hydrogens (tertiary/aromatic N) is 2. The Bertz CT molecular complexity index is 903. The second-order valence-electron chi connectivity index (χ2n) is 9.15. The summed E-state index contributed by atoms with van der Waals surface area (Å²) in [5.74, 6) is 1.28. The first-order chi connectivity index (χ1) is 15.1. The molecular formula is C25H35N3O3. The van der Waals surface area contributed by atoms with Crippen LogP contribution >= 0.6 is 0 Å². The Hall–Kier alpha value is -2.18. The third-order valence-electron chi connectivity index (χ3n) is 7.13. The van der Waals surface area contributed by atoms with Gasteiger partial charge in [0.25, 0.3) is 0 Å². The van der Waals surface area contributed by atoms with E-state index in [0.717, 1.165) is 74.8 Å². The van der Waals surface area contributed by atoms with Gasteiger partial charge >= 0.3 is 0 Å². The van der Waals surface area contributed by atoms with E-state index >= 15 is 0 Å². The molecule has 4 rings (SSSR count). The number of furan rings is 1.